The molecule has 0 aliphatic carbocycles. The predicted octanol–water partition coefficient (Wildman–Crippen LogP) is 5.51. The standard InChI is InChI=1S/C43H29B2N/c1-5-16-30(17-6-1)43(31-18-7-2-8-19-31)34-24-13-26-36-40(34)46-41-35(43)25-14-27-37(41)45(33-22-11-4-12-23-33)39-29-15-28-38(42(39)46)44(36)32-20-9-3-10-21-32/h1-29H. The minimum Gasteiger partial charge on any atom is -0.312 e. The van der Waals surface area contributed by atoms with Gasteiger partial charge in [0.1, 0.15) is 0 Å². The summed E-state index contributed by atoms with van der Waals surface area (Å²) in [6.45, 7) is 0.240. The first-order valence-electron chi connectivity index (χ1n) is 16.3. The van der Waals surface area contributed by atoms with Crippen LogP contribution in [0.1, 0.15) is 22.3 Å². The topological polar surface area (TPSA) is 3.24 Å². The van der Waals surface area contributed by atoms with E-state index in [2.05, 4.69) is 181 Å². The molecule has 1 nitrogen and oxygen atoms in total. The van der Waals surface area contributed by atoms with Crippen LogP contribution in [0.4, 0.5) is 17.1 Å². The van der Waals surface area contributed by atoms with Gasteiger partial charge in [0.15, 0.2) is 0 Å². The van der Waals surface area contributed by atoms with E-state index in [0.717, 1.165) is 0 Å². The van der Waals surface area contributed by atoms with Gasteiger partial charge in [0.2, 0.25) is 13.4 Å². The van der Waals surface area contributed by atoms with Crippen molar-refractivity contribution in [3.8, 4) is 0 Å². The van der Waals surface area contributed by atoms with Gasteiger partial charge in [0.05, 0.1) is 5.41 Å². The Morgan fingerprint density at radius 1 is 0.326 bits per heavy atom. The third-order valence-corrected chi connectivity index (χ3v) is 10.6. The zero-order chi connectivity index (χ0) is 30.2. The number of anilines is 3. The fourth-order valence-corrected chi connectivity index (χ4v) is 8.99. The first kappa shape index (κ1) is 25.8. The van der Waals surface area contributed by atoms with Crippen molar-refractivity contribution in [3.63, 3.8) is 0 Å². The Labute approximate surface area is 271 Å². The number of nitrogens with zero attached hydrogens (tertiary/aromatic N) is 1. The Balaban J connectivity index is 1.43. The van der Waals surface area contributed by atoms with Crippen molar-refractivity contribution in [2.24, 2.45) is 0 Å². The average molecular weight is 581 g/mol. The van der Waals surface area contributed by atoms with Gasteiger partial charge in [-0.1, -0.05) is 187 Å². The van der Waals surface area contributed by atoms with Gasteiger partial charge in [-0.05, 0) is 44.1 Å². The third kappa shape index (κ3) is 3.27. The second-order valence-corrected chi connectivity index (χ2v) is 12.8. The van der Waals surface area contributed by atoms with Crippen LogP contribution in [0.5, 0.6) is 0 Å². The van der Waals surface area contributed by atoms with Crippen LogP contribution in [0.25, 0.3) is 0 Å². The highest BCUT2D eigenvalue weighted by Gasteiger charge is 2.53. The fourth-order valence-electron chi connectivity index (χ4n) is 8.99. The van der Waals surface area contributed by atoms with Crippen molar-refractivity contribution in [1.29, 1.82) is 0 Å². The maximum absolute atomic E-state index is 2.66. The molecule has 0 N–H and O–H groups in total. The van der Waals surface area contributed by atoms with Crippen LogP contribution in [0.15, 0.2) is 176 Å². The van der Waals surface area contributed by atoms with Crippen molar-refractivity contribution in [2.75, 3.05) is 4.90 Å². The van der Waals surface area contributed by atoms with Gasteiger partial charge in [-0.25, -0.2) is 0 Å². The minimum absolute atomic E-state index is 0.120. The molecule has 3 heteroatoms. The normalized spacial score (nSPS) is 14.6. The molecular formula is C43H29B2N. The summed E-state index contributed by atoms with van der Waals surface area (Å²) in [6, 6.07) is 65.8. The Kier molecular flexibility index (Phi) is 5.45. The number of hydrogen-bond acceptors (Lipinski definition) is 1. The molecule has 3 aliphatic heterocycles. The second kappa shape index (κ2) is 9.73. The average Bonchev–Trinajstić information content (AvgIpc) is 3.13. The molecule has 0 unspecified atom stereocenters. The molecule has 0 amide bonds. The highest BCUT2D eigenvalue weighted by molar-refractivity contribution is 7.02. The van der Waals surface area contributed by atoms with Crippen LogP contribution in [0.3, 0.4) is 0 Å². The van der Waals surface area contributed by atoms with Crippen LogP contribution in [-0.4, -0.2) is 13.4 Å². The highest BCUT2D eigenvalue weighted by atomic mass is 15.2. The van der Waals surface area contributed by atoms with Crippen LogP contribution < -0.4 is 37.7 Å². The van der Waals surface area contributed by atoms with Crippen molar-refractivity contribution >= 4 is 63.3 Å². The molecular weight excluding hydrogens is 552 g/mol. The summed E-state index contributed by atoms with van der Waals surface area (Å²) < 4.78 is 0. The fraction of sp³-hybridized carbons (Fsp3) is 0.0233. The smallest absolute Gasteiger partial charge is 0.246 e. The maximum atomic E-state index is 2.66. The summed E-state index contributed by atoms with van der Waals surface area (Å²) in [5, 5.41) is 0. The molecule has 0 fully saturated rings. The first-order valence-corrected chi connectivity index (χ1v) is 16.3. The lowest BCUT2D eigenvalue weighted by molar-refractivity contribution is 0.733. The van der Waals surface area contributed by atoms with Gasteiger partial charge in [-0.3, -0.25) is 0 Å². The number of rotatable bonds is 4. The van der Waals surface area contributed by atoms with Gasteiger partial charge >= 0.3 is 0 Å². The molecule has 7 aromatic carbocycles. The monoisotopic (exact) mass is 581 g/mol. The van der Waals surface area contributed by atoms with E-state index >= 15 is 0 Å². The van der Waals surface area contributed by atoms with Crippen molar-refractivity contribution in [3.05, 3.63) is 198 Å². The van der Waals surface area contributed by atoms with Gasteiger partial charge in [0, 0.05) is 17.1 Å². The summed E-state index contributed by atoms with van der Waals surface area (Å²) in [6.07, 6.45) is 0. The molecule has 3 heterocycles. The summed E-state index contributed by atoms with van der Waals surface area (Å²) >= 11 is 0. The van der Waals surface area contributed by atoms with Crippen molar-refractivity contribution in [2.45, 2.75) is 5.41 Å². The van der Waals surface area contributed by atoms with E-state index in [1.54, 1.807) is 0 Å². The predicted molar refractivity (Wildman–Crippen MR) is 195 cm³/mol. The van der Waals surface area contributed by atoms with E-state index in [1.165, 1.54) is 72.1 Å². The molecule has 212 valence electrons. The van der Waals surface area contributed by atoms with Crippen LogP contribution in [0, 0.1) is 0 Å². The van der Waals surface area contributed by atoms with Crippen LogP contribution in [-0.2, 0) is 5.41 Å². The third-order valence-electron chi connectivity index (χ3n) is 10.6. The lowest BCUT2D eigenvalue weighted by atomic mass is 9.30. The first-order chi connectivity index (χ1) is 22.9. The Hall–Kier alpha value is -5.53. The number of hydrogen-bond donors (Lipinski definition) is 0. The van der Waals surface area contributed by atoms with Crippen molar-refractivity contribution in [1.82, 2.24) is 0 Å². The molecule has 7 aromatic rings. The molecule has 46 heavy (non-hydrogen) atoms. The van der Waals surface area contributed by atoms with Gasteiger partial charge in [-0.2, -0.15) is 0 Å². The molecule has 10 rings (SSSR count). The molecule has 0 saturated carbocycles. The largest absolute Gasteiger partial charge is 0.312 e. The molecule has 0 atom stereocenters. The van der Waals surface area contributed by atoms with Crippen LogP contribution in [0.2, 0.25) is 0 Å². The summed E-state index contributed by atoms with van der Waals surface area (Å²) in [5.41, 5.74) is 16.9. The molecule has 0 radical (unpaired) electrons. The summed E-state index contributed by atoms with van der Waals surface area (Å²) in [7, 11) is 0. The molecule has 0 saturated heterocycles. The SMILES string of the molecule is c1ccc(B2c3cccc4c3N3c5c2cccc5C(c2ccccc2)(c2ccccc2)c2cccc(c23)B4c2ccccc2)cc1. The molecule has 0 spiro atoms. The lowest BCUT2D eigenvalue weighted by Gasteiger charge is -2.53. The van der Waals surface area contributed by atoms with Crippen LogP contribution >= 0.6 is 0 Å². The molecule has 0 aromatic heterocycles. The Morgan fingerprint density at radius 3 is 1.09 bits per heavy atom. The Bertz CT molecular complexity index is 2110. The zero-order valence-corrected chi connectivity index (χ0v) is 25.3. The van der Waals surface area contributed by atoms with E-state index < -0.39 is 5.41 Å². The number of benzene rings is 7. The van der Waals surface area contributed by atoms with E-state index in [9.17, 15) is 0 Å². The van der Waals surface area contributed by atoms with E-state index in [1.807, 2.05) is 0 Å². The zero-order valence-electron chi connectivity index (χ0n) is 25.3. The Morgan fingerprint density at radius 2 is 0.674 bits per heavy atom. The van der Waals surface area contributed by atoms with E-state index in [-0.39, 0.29) is 13.4 Å². The van der Waals surface area contributed by atoms with Crippen molar-refractivity contribution < 1.29 is 0 Å². The number of para-hydroxylation sites is 3. The highest BCUT2D eigenvalue weighted by Crippen LogP contribution is 2.57. The van der Waals surface area contributed by atoms with Gasteiger partial charge in [-0.15, -0.1) is 0 Å². The lowest BCUT2D eigenvalue weighted by Crippen LogP contribution is -2.66. The maximum Gasteiger partial charge on any atom is 0.246 e. The molecule has 3 aliphatic rings. The summed E-state index contributed by atoms with van der Waals surface area (Å²) in [4.78, 5) is 2.66. The summed E-state index contributed by atoms with van der Waals surface area (Å²) in [5.74, 6) is 0. The van der Waals surface area contributed by atoms with Gasteiger partial charge < -0.3 is 4.90 Å². The quantitative estimate of drug-likeness (QED) is 0.248. The minimum atomic E-state index is -0.498. The van der Waals surface area contributed by atoms with E-state index in [0.29, 0.717) is 0 Å². The molecule has 0 bridgehead atoms. The van der Waals surface area contributed by atoms with Gasteiger partial charge in [0.25, 0.3) is 0 Å². The van der Waals surface area contributed by atoms with E-state index in [4.69, 9.17) is 0 Å². The second-order valence-electron chi connectivity index (χ2n) is 12.8.